The summed E-state index contributed by atoms with van der Waals surface area (Å²) in [5.74, 6) is 0.850. The minimum Gasteiger partial charge on any atom is -0.383 e. The SMILES string of the molecule is NC(=S)Nc1ccccc1NCC1CC1. The van der Waals surface area contributed by atoms with Crippen LogP contribution in [0.2, 0.25) is 0 Å². The van der Waals surface area contributed by atoms with Crippen molar-refractivity contribution in [2.45, 2.75) is 12.8 Å². The second-order valence-electron chi connectivity index (χ2n) is 3.86. The van der Waals surface area contributed by atoms with Crippen LogP contribution in [0, 0.1) is 5.92 Å². The Balaban J connectivity index is 2.02. The molecular weight excluding hydrogens is 206 g/mol. The molecular formula is C11H15N3S. The van der Waals surface area contributed by atoms with E-state index in [9.17, 15) is 0 Å². The molecule has 1 aliphatic rings. The average molecular weight is 221 g/mol. The predicted octanol–water partition coefficient (Wildman–Crippen LogP) is 2.16. The van der Waals surface area contributed by atoms with Gasteiger partial charge in [-0.3, -0.25) is 0 Å². The Kier molecular flexibility index (Phi) is 3.06. The zero-order chi connectivity index (χ0) is 10.7. The molecule has 0 radical (unpaired) electrons. The number of thiocarbonyl (C=S) groups is 1. The Hall–Kier alpha value is -1.29. The Labute approximate surface area is 95.0 Å². The molecule has 1 saturated carbocycles. The first-order valence-electron chi connectivity index (χ1n) is 5.15. The van der Waals surface area contributed by atoms with E-state index in [-0.39, 0.29) is 0 Å². The highest BCUT2D eigenvalue weighted by Crippen LogP contribution is 2.30. The van der Waals surface area contributed by atoms with E-state index in [1.807, 2.05) is 24.3 Å². The third-order valence-corrected chi connectivity index (χ3v) is 2.57. The minimum absolute atomic E-state index is 0.302. The van der Waals surface area contributed by atoms with E-state index in [1.54, 1.807) is 0 Å². The zero-order valence-electron chi connectivity index (χ0n) is 8.49. The van der Waals surface area contributed by atoms with Crippen LogP contribution in [0.4, 0.5) is 11.4 Å². The largest absolute Gasteiger partial charge is 0.383 e. The van der Waals surface area contributed by atoms with Gasteiger partial charge in [-0.15, -0.1) is 0 Å². The van der Waals surface area contributed by atoms with Crippen LogP contribution >= 0.6 is 12.2 Å². The number of benzene rings is 1. The second-order valence-corrected chi connectivity index (χ2v) is 4.30. The van der Waals surface area contributed by atoms with Gasteiger partial charge in [0.05, 0.1) is 11.4 Å². The fraction of sp³-hybridized carbons (Fsp3) is 0.364. The van der Waals surface area contributed by atoms with Gasteiger partial charge in [0.25, 0.3) is 0 Å². The predicted molar refractivity (Wildman–Crippen MR) is 68.1 cm³/mol. The number of nitrogens with two attached hydrogens (primary N) is 1. The number of anilines is 2. The van der Waals surface area contributed by atoms with Gasteiger partial charge in [-0.05, 0) is 43.1 Å². The normalized spacial score (nSPS) is 14.7. The van der Waals surface area contributed by atoms with Crippen LogP contribution in [0.1, 0.15) is 12.8 Å². The zero-order valence-corrected chi connectivity index (χ0v) is 9.31. The minimum atomic E-state index is 0.302. The molecule has 0 aromatic heterocycles. The van der Waals surface area contributed by atoms with Crippen LogP contribution in [0.3, 0.4) is 0 Å². The lowest BCUT2D eigenvalue weighted by molar-refractivity contribution is 0.890. The van der Waals surface area contributed by atoms with Crippen LogP contribution in [0.25, 0.3) is 0 Å². The van der Waals surface area contributed by atoms with Crippen LogP contribution < -0.4 is 16.4 Å². The van der Waals surface area contributed by atoms with Crippen LogP contribution in [-0.4, -0.2) is 11.7 Å². The van der Waals surface area contributed by atoms with Crippen molar-refractivity contribution in [3.8, 4) is 0 Å². The summed E-state index contributed by atoms with van der Waals surface area (Å²) in [6.07, 6.45) is 2.69. The molecule has 3 nitrogen and oxygen atoms in total. The van der Waals surface area contributed by atoms with E-state index >= 15 is 0 Å². The third-order valence-electron chi connectivity index (χ3n) is 2.46. The standard InChI is InChI=1S/C11H15N3S/c12-11(15)14-10-4-2-1-3-9(10)13-7-8-5-6-8/h1-4,8,13H,5-7H2,(H3,12,14,15). The Morgan fingerprint density at radius 2 is 2.00 bits per heavy atom. The van der Waals surface area contributed by atoms with Gasteiger partial charge in [-0.1, -0.05) is 12.1 Å². The highest BCUT2D eigenvalue weighted by Gasteiger charge is 2.20. The van der Waals surface area contributed by atoms with Crippen LogP contribution in [0.5, 0.6) is 0 Å². The first-order valence-corrected chi connectivity index (χ1v) is 5.56. The van der Waals surface area contributed by atoms with E-state index in [0.717, 1.165) is 23.8 Å². The van der Waals surface area contributed by atoms with Gasteiger partial charge in [0.15, 0.2) is 5.11 Å². The molecule has 1 aliphatic carbocycles. The number of para-hydroxylation sites is 2. The number of nitrogens with one attached hydrogen (secondary N) is 2. The van der Waals surface area contributed by atoms with E-state index in [4.69, 9.17) is 18.0 Å². The molecule has 0 unspecified atom stereocenters. The Bertz CT molecular complexity index is 361. The van der Waals surface area contributed by atoms with Crippen LogP contribution in [0.15, 0.2) is 24.3 Å². The summed E-state index contributed by atoms with van der Waals surface area (Å²) in [4.78, 5) is 0. The monoisotopic (exact) mass is 221 g/mol. The molecule has 2 rings (SSSR count). The van der Waals surface area contributed by atoms with Crippen molar-refractivity contribution in [2.24, 2.45) is 11.7 Å². The second kappa shape index (κ2) is 4.49. The van der Waals surface area contributed by atoms with Crippen molar-refractivity contribution in [3.05, 3.63) is 24.3 Å². The Morgan fingerprint density at radius 3 is 2.60 bits per heavy atom. The average Bonchev–Trinajstić information content (AvgIpc) is 2.99. The lowest BCUT2D eigenvalue weighted by Crippen LogP contribution is -2.20. The van der Waals surface area contributed by atoms with Crippen molar-refractivity contribution < 1.29 is 0 Å². The van der Waals surface area contributed by atoms with Gasteiger partial charge >= 0.3 is 0 Å². The van der Waals surface area contributed by atoms with E-state index in [1.165, 1.54) is 12.8 Å². The molecule has 1 aromatic rings. The lowest BCUT2D eigenvalue weighted by Gasteiger charge is -2.12. The number of hydrogen-bond acceptors (Lipinski definition) is 2. The molecule has 0 aliphatic heterocycles. The van der Waals surface area contributed by atoms with Crippen molar-refractivity contribution in [2.75, 3.05) is 17.2 Å². The molecule has 0 saturated heterocycles. The maximum Gasteiger partial charge on any atom is 0.168 e. The maximum absolute atomic E-state index is 5.45. The van der Waals surface area contributed by atoms with Gasteiger partial charge < -0.3 is 16.4 Å². The van der Waals surface area contributed by atoms with Gasteiger partial charge in [0.2, 0.25) is 0 Å². The molecule has 15 heavy (non-hydrogen) atoms. The summed E-state index contributed by atoms with van der Waals surface area (Å²) < 4.78 is 0. The fourth-order valence-electron chi connectivity index (χ4n) is 1.46. The summed E-state index contributed by atoms with van der Waals surface area (Å²) in [6.45, 7) is 1.04. The summed E-state index contributed by atoms with van der Waals surface area (Å²) in [7, 11) is 0. The number of rotatable bonds is 4. The molecule has 0 heterocycles. The van der Waals surface area contributed by atoms with Gasteiger partial charge in [-0.25, -0.2) is 0 Å². The van der Waals surface area contributed by atoms with Crippen molar-refractivity contribution in [1.29, 1.82) is 0 Å². The first-order chi connectivity index (χ1) is 7.25. The summed E-state index contributed by atoms with van der Waals surface area (Å²) >= 11 is 4.82. The molecule has 1 fully saturated rings. The van der Waals surface area contributed by atoms with Gasteiger partial charge in [-0.2, -0.15) is 0 Å². The molecule has 0 atom stereocenters. The fourth-order valence-corrected chi connectivity index (χ4v) is 1.57. The molecule has 0 spiro atoms. The van der Waals surface area contributed by atoms with Crippen molar-refractivity contribution in [1.82, 2.24) is 0 Å². The van der Waals surface area contributed by atoms with Gasteiger partial charge in [0, 0.05) is 6.54 Å². The molecule has 4 heteroatoms. The quantitative estimate of drug-likeness (QED) is 0.682. The topological polar surface area (TPSA) is 50.1 Å². The highest BCUT2D eigenvalue weighted by molar-refractivity contribution is 7.80. The van der Waals surface area contributed by atoms with E-state index < -0.39 is 0 Å². The molecule has 4 N–H and O–H groups in total. The number of hydrogen-bond donors (Lipinski definition) is 3. The summed E-state index contributed by atoms with van der Waals surface area (Å²) in [5.41, 5.74) is 7.47. The van der Waals surface area contributed by atoms with E-state index in [0.29, 0.717) is 5.11 Å². The van der Waals surface area contributed by atoms with Crippen LogP contribution in [-0.2, 0) is 0 Å². The highest BCUT2D eigenvalue weighted by atomic mass is 32.1. The first kappa shape index (κ1) is 10.2. The smallest absolute Gasteiger partial charge is 0.168 e. The van der Waals surface area contributed by atoms with Gasteiger partial charge in [0.1, 0.15) is 0 Å². The lowest BCUT2D eigenvalue weighted by atomic mass is 10.2. The molecule has 80 valence electrons. The molecule has 0 amide bonds. The van der Waals surface area contributed by atoms with Crippen molar-refractivity contribution >= 4 is 28.7 Å². The maximum atomic E-state index is 5.45. The van der Waals surface area contributed by atoms with E-state index in [2.05, 4.69) is 10.6 Å². The molecule has 1 aromatic carbocycles. The van der Waals surface area contributed by atoms with Crippen molar-refractivity contribution in [3.63, 3.8) is 0 Å². The summed E-state index contributed by atoms with van der Waals surface area (Å²) in [6, 6.07) is 7.96. The third kappa shape index (κ3) is 3.09. The Morgan fingerprint density at radius 1 is 1.33 bits per heavy atom. The molecule has 0 bridgehead atoms. The summed E-state index contributed by atoms with van der Waals surface area (Å²) in [5, 5.41) is 6.67.